The zero-order chi connectivity index (χ0) is 21.9. The number of fused-ring (bicyclic) bond motifs is 1. The van der Waals surface area contributed by atoms with E-state index < -0.39 is 20.7 Å². The molecule has 0 aliphatic carbocycles. The lowest BCUT2D eigenvalue weighted by atomic mass is 10.1. The number of phenolic OH excluding ortho intramolecular Hbond substituents is 1. The van der Waals surface area contributed by atoms with Crippen LogP contribution in [0.2, 0.25) is 0 Å². The Morgan fingerprint density at radius 1 is 1.07 bits per heavy atom. The number of rotatable bonds is 7. The zero-order valence-electron chi connectivity index (χ0n) is 16.0. The molecule has 10 heteroatoms. The first-order valence-corrected chi connectivity index (χ1v) is 10.8. The van der Waals surface area contributed by atoms with Crippen LogP contribution in [0, 0.1) is 10.1 Å². The molecule has 0 saturated carbocycles. The molecule has 0 unspecified atom stereocenters. The first-order chi connectivity index (χ1) is 14.2. The van der Waals surface area contributed by atoms with Crippen molar-refractivity contribution in [3.8, 4) is 5.75 Å². The molecule has 0 aliphatic heterocycles. The third kappa shape index (κ3) is 4.66. The third-order valence-corrected chi connectivity index (χ3v) is 5.54. The summed E-state index contributed by atoms with van der Waals surface area (Å²) in [7, 11) is -3.58. The summed E-state index contributed by atoms with van der Waals surface area (Å²) in [6.07, 6.45) is 0.969. The van der Waals surface area contributed by atoms with Crippen molar-refractivity contribution >= 4 is 37.9 Å². The molecular formula is C20H19N3O6S. The topological polar surface area (TPSA) is 139 Å². The number of anilines is 1. The van der Waals surface area contributed by atoms with Crippen molar-refractivity contribution in [1.82, 2.24) is 5.32 Å². The molecule has 3 aromatic carbocycles. The van der Waals surface area contributed by atoms with Gasteiger partial charge in [-0.15, -0.1) is 0 Å². The van der Waals surface area contributed by atoms with Gasteiger partial charge in [-0.25, -0.2) is 8.42 Å². The number of benzene rings is 3. The van der Waals surface area contributed by atoms with Crippen molar-refractivity contribution in [3.05, 3.63) is 70.3 Å². The Kier molecular flexibility index (Phi) is 5.88. The van der Waals surface area contributed by atoms with Gasteiger partial charge in [0.2, 0.25) is 0 Å². The van der Waals surface area contributed by atoms with E-state index in [-0.39, 0.29) is 40.7 Å². The Labute approximate surface area is 172 Å². The normalized spacial score (nSPS) is 11.2. The first-order valence-electron chi connectivity index (χ1n) is 8.89. The van der Waals surface area contributed by atoms with Gasteiger partial charge in [-0.1, -0.05) is 24.3 Å². The summed E-state index contributed by atoms with van der Waals surface area (Å²) in [5, 5.41) is 28.4. The smallest absolute Gasteiger partial charge is 0.293 e. The second-order valence-corrected chi connectivity index (χ2v) is 8.62. The van der Waals surface area contributed by atoms with Crippen molar-refractivity contribution in [3.63, 3.8) is 0 Å². The Morgan fingerprint density at radius 2 is 1.73 bits per heavy atom. The fraction of sp³-hybridized carbons (Fsp3) is 0.150. The van der Waals surface area contributed by atoms with Gasteiger partial charge in [-0.2, -0.15) is 0 Å². The Balaban J connectivity index is 1.66. The molecule has 0 saturated heterocycles. The molecular weight excluding hydrogens is 410 g/mol. The summed E-state index contributed by atoms with van der Waals surface area (Å²) in [6, 6.07) is 14.0. The molecule has 0 aromatic heterocycles. The predicted octanol–water partition coefficient (Wildman–Crippen LogP) is 2.70. The highest BCUT2D eigenvalue weighted by Crippen LogP contribution is 2.27. The second-order valence-electron chi connectivity index (χ2n) is 6.61. The molecule has 9 nitrogen and oxygen atoms in total. The largest absolute Gasteiger partial charge is 0.507 e. The van der Waals surface area contributed by atoms with Crippen LogP contribution >= 0.6 is 0 Å². The number of sulfone groups is 1. The Morgan fingerprint density at radius 3 is 2.37 bits per heavy atom. The zero-order valence-corrected chi connectivity index (χ0v) is 16.8. The van der Waals surface area contributed by atoms with E-state index in [2.05, 4.69) is 10.6 Å². The highest BCUT2D eigenvalue weighted by molar-refractivity contribution is 7.90. The van der Waals surface area contributed by atoms with Crippen LogP contribution in [0.5, 0.6) is 5.75 Å². The van der Waals surface area contributed by atoms with Gasteiger partial charge in [0.15, 0.2) is 9.84 Å². The molecule has 0 radical (unpaired) electrons. The van der Waals surface area contributed by atoms with Gasteiger partial charge in [0, 0.05) is 25.4 Å². The van der Waals surface area contributed by atoms with E-state index in [4.69, 9.17) is 0 Å². The fourth-order valence-electron chi connectivity index (χ4n) is 2.92. The molecule has 3 aromatic rings. The number of carbonyl (C=O) groups is 1. The summed E-state index contributed by atoms with van der Waals surface area (Å²) in [5.74, 6) is -0.631. The van der Waals surface area contributed by atoms with Gasteiger partial charge < -0.3 is 15.7 Å². The molecule has 0 atom stereocenters. The van der Waals surface area contributed by atoms with Gasteiger partial charge in [0.25, 0.3) is 11.6 Å². The molecule has 0 fully saturated rings. The van der Waals surface area contributed by atoms with Crippen molar-refractivity contribution in [2.45, 2.75) is 4.90 Å². The number of phenols is 1. The minimum Gasteiger partial charge on any atom is -0.507 e. The van der Waals surface area contributed by atoms with Crippen molar-refractivity contribution in [2.24, 2.45) is 0 Å². The molecule has 0 aliphatic rings. The SMILES string of the molecule is CS(=O)(=O)c1ccc(NCCNC(=O)c2cc3ccccc3cc2O)c([N+](=O)[O-])c1. The molecule has 3 rings (SSSR count). The average molecular weight is 429 g/mol. The first kappa shape index (κ1) is 21.1. The maximum absolute atomic E-state index is 12.4. The quantitative estimate of drug-likeness (QED) is 0.298. The van der Waals surface area contributed by atoms with Gasteiger partial charge in [0.1, 0.15) is 11.4 Å². The molecule has 30 heavy (non-hydrogen) atoms. The van der Waals surface area contributed by atoms with Crippen LogP contribution in [0.15, 0.2) is 59.5 Å². The number of hydrogen-bond donors (Lipinski definition) is 3. The average Bonchev–Trinajstić information content (AvgIpc) is 2.69. The maximum atomic E-state index is 12.4. The minimum atomic E-state index is -3.58. The Hall–Kier alpha value is -3.66. The molecule has 3 N–H and O–H groups in total. The number of carbonyl (C=O) groups excluding carboxylic acids is 1. The van der Waals surface area contributed by atoms with Crippen molar-refractivity contribution in [2.75, 3.05) is 24.7 Å². The van der Waals surface area contributed by atoms with Crippen LogP contribution in [-0.4, -0.2) is 43.7 Å². The number of nitrogens with one attached hydrogen (secondary N) is 2. The van der Waals surface area contributed by atoms with Crippen LogP contribution in [0.3, 0.4) is 0 Å². The van der Waals surface area contributed by atoms with Gasteiger partial charge in [0.05, 0.1) is 15.4 Å². The van der Waals surface area contributed by atoms with E-state index >= 15 is 0 Å². The molecule has 0 spiro atoms. The molecule has 1 amide bonds. The number of hydrogen-bond acceptors (Lipinski definition) is 7. The highest BCUT2D eigenvalue weighted by Gasteiger charge is 2.18. The standard InChI is InChI=1S/C20H19N3O6S/c1-30(28,29)15-6-7-17(18(12-15)23(26)27)21-8-9-22-20(25)16-10-13-4-2-3-5-14(13)11-19(16)24/h2-7,10-12,21,24H,8-9H2,1H3,(H,22,25). The monoisotopic (exact) mass is 429 g/mol. The summed E-state index contributed by atoms with van der Waals surface area (Å²) >= 11 is 0. The minimum absolute atomic E-state index is 0.121. The third-order valence-electron chi connectivity index (χ3n) is 4.43. The number of nitrogens with zero attached hydrogens (tertiary/aromatic N) is 1. The van der Waals surface area contributed by atoms with Crippen LogP contribution in [0.25, 0.3) is 10.8 Å². The number of amides is 1. The van der Waals surface area contributed by atoms with Crippen LogP contribution in [0.1, 0.15) is 10.4 Å². The fourth-order valence-corrected chi connectivity index (χ4v) is 3.56. The van der Waals surface area contributed by atoms with Crippen molar-refractivity contribution < 1.29 is 23.2 Å². The van der Waals surface area contributed by atoms with E-state index in [1.54, 1.807) is 6.07 Å². The summed E-state index contributed by atoms with van der Waals surface area (Å²) in [6.45, 7) is 0.273. The van der Waals surface area contributed by atoms with E-state index in [1.807, 2.05) is 24.3 Å². The number of nitro benzene ring substituents is 1. The maximum Gasteiger partial charge on any atom is 0.293 e. The molecule has 156 valence electrons. The summed E-state index contributed by atoms with van der Waals surface area (Å²) < 4.78 is 23.2. The van der Waals surface area contributed by atoms with Crippen LogP contribution < -0.4 is 10.6 Å². The number of nitro groups is 1. The lowest BCUT2D eigenvalue weighted by Crippen LogP contribution is -2.29. The Bertz CT molecular complexity index is 1240. The summed E-state index contributed by atoms with van der Waals surface area (Å²) in [4.78, 5) is 22.8. The van der Waals surface area contributed by atoms with E-state index in [0.29, 0.717) is 0 Å². The number of aromatic hydroxyl groups is 1. The van der Waals surface area contributed by atoms with E-state index in [9.17, 15) is 28.4 Å². The van der Waals surface area contributed by atoms with Gasteiger partial charge in [-0.3, -0.25) is 14.9 Å². The molecule has 0 heterocycles. The highest BCUT2D eigenvalue weighted by atomic mass is 32.2. The van der Waals surface area contributed by atoms with Crippen LogP contribution in [0.4, 0.5) is 11.4 Å². The lowest BCUT2D eigenvalue weighted by Gasteiger charge is -2.11. The van der Waals surface area contributed by atoms with Crippen LogP contribution in [-0.2, 0) is 9.84 Å². The lowest BCUT2D eigenvalue weighted by molar-refractivity contribution is -0.384. The van der Waals surface area contributed by atoms with E-state index in [0.717, 1.165) is 23.1 Å². The second kappa shape index (κ2) is 8.37. The summed E-state index contributed by atoms with van der Waals surface area (Å²) in [5.41, 5.74) is -0.121. The predicted molar refractivity (Wildman–Crippen MR) is 113 cm³/mol. The van der Waals surface area contributed by atoms with Gasteiger partial charge in [-0.05, 0) is 35.0 Å². The van der Waals surface area contributed by atoms with Gasteiger partial charge >= 0.3 is 0 Å². The van der Waals surface area contributed by atoms with E-state index in [1.165, 1.54) is 18.2 Å². The van der Waals surface area contributed by atoms with Crippen molar-refractivity contribution in [1.29, 1.82) is 0 Å². The molecule has 0 bridgehead atoms.